The molecule has 0 radical (unpaired) electrons. The van der Waals surface area contributed by atoms with Crippen molar-refractivity contribution in [2.24, 2.45) is 0 Å². The summed E-state index contributed by atoms with van der Waals surface area (Å²) < 4.78 is 20.2. The van der Waals surface area contributed by atoms with Gasteiger partial charge < -0.3 is 10.1 Å². The average Bonchev–Trinajstić information content (AvgIpc) is 3.05. The summed E-state index contributed by atoms with van der Waals surface area (Å²) in [6.45, 7) is 7.76. The lowest BCUT2D eigenvalue weighted by molar-refractivity contribution is 0.0176. The van der Waals surface area contributed by atoms with Gasteiger partial charge in [0.2, 0.25) is 5.13 Å². The zero-order valence-electron chi connectivity index (χ0n) is 13.6. The molecule has 0 bridgehead atoms. The molecule has 2 atom stereocenters. The number of ether oxygens (including phenoxy) is 1. The van der Waals surface area contributed by atoms with Gasteiger partial charge in [0.25, 0.3) is 0 Å². The molecule has 24 heavy (non-hydrogen) atoms. The lowest BCUT2D eigenvalue weighted by atomic mass is 10.1. The van der Waals surface area contributed by atoms with Crippen LogP contribution in [0.4, 0.5) is 9.52 Å². The van der Waals surface area contributed by atoms with Crippen LogP contribution >= 0.6 is 27.3 Å². The summed E-state index contributed by atoms with van der Waals surface area (Å²) in [6.07, 6.45) is 0. The van der Waals surface area contributed by atoms with Crippen molar-refractivity contribution >= 4 is 32.4 Å². The van der Waals surface area contributed by atoms with E-state index >= 15 is 0 Å². The number of nitrogens with one attached hydrogen (secondary N) is 1. The molecule has 1 aliphatic heterocycles. The van der Waals surface area contributed by atoms with E-state index in [2.05, 4.69) is 50.2 Å². The van der Waals surface area contributed by atoms with Crippen molar-refractivity contribution in [3.05, 3.63) is 28.5 Å². The fraction of sp³-hybridized carbons (Fsp3) is 0.500. The molecule has 2 unspecified atom stereocenters. The number of morpholine rings is 1. The fourth-order valence-electron chi connectivity index (χ4n) is 2.67. The van der Waals surface area contributed by atoms with Crippen LogP contribution in [-0.2, 0) is 4.74 Å². The minimum atomic E-state index is -0.296. The molecule has 0 spiro atoms. The molecule has 2 heterocycles. The molecule has 0 aliphatic carbocycles. The van der Waals surface area contributed by atoms with Crippen LogP contribution < -0.4 is 5.32 Å². The number of anilines is 1. The van der Waals surface area contributed by atoms with Gasteiger partial charge in [0.15, 0.2) is 5.01 Å². The smallest absolute Gasteiger partial charge is 0.206 e. The van der Waals surface area contributed by atoms with Crippen LogP contribution in [0, 0.1) is 5.82 Å². The van der Waals surface area contributed by atoms with Gasteiger partial charge in [-0.3, -0.25) is 4.90 Å². The summed E-state index contributed by atoms with van der Waals surface area (Å²) in [6, 6.07) is 5.38. The van der Waals surface area contributed by atoms with E-state index in [0.29, 0.717) is 21.7 Å². The molecular weight excluding hydrogens is 395 g/mol. The van der Waals surface area contributed by atoms with Gasteiger partial charge in [-0.25, -0.2) is 4.39 Å². The highest BCUT2D eigenvalue weighted by atomic mass is 79.9. The first kappa shape index (κ1) is 17.7. The minimum Gasteiger partial charge on any atom is -0.379 e. The van der Waals surface area contributed by atoms with Crippen LogP contribution in [0.2, 0.25) is 0 Å². The first-order valence-electron chi connectivity index (χ1n) is 7.92. The molecule has 5 nitrogen and oxygen atoms in total. The van der Waals surface area contributed by atoms with Crippen molar-refractivity contribution in [2.45, 2.75) is 25.9 Å². The number of rotatable bonds is 5. The molecular formula is C16H20BrFN4OS. The second-order valence-corrected chi connectivity index (χ2v) is 7.75. The van der Waals surface area contributed by atoms with Crippen LogP contribution in [0.25, 0.3) is 10.6 Å². The zero-order valence-corrected chi connectivity index (χ0v) is 16.0. The van der Waals surface area contributed by atoms with Gasteiger partial charge in [-0.15, -0.1) is 10.2 Å². The van der Waals surface area contributed by atoms with Crippen LogP contribution in [0.3, 0.4) is 0 Å². The van der Waals surface area contributed by atoms with Crippen LogP contribution in [0.15, 0.2) is 22.7 Å². The monoisotopic (exact) mass is 414 g/mol. The molecule has 8 heteroatoms. The maximum Gasteiger partial charge on any atom is 0.206 e. The Labute approximate surface area is 153 Å². The molecule has 2 aromatic rings. The number of hydrogen-bond donors (Lipinski definition) is 1. The van der Waals surface area contributed by atoms with Gasteiger partial charge in [0, 0.05) is 35.2 Å². The van der Waals surface area contributed by atoms with Crippen molar-refractivity contribution in [1.82, 2.24) is 15.1 Å². The molecule has 1 aliphatic rings. The summed E-state index contributed by atoms with van der Waals surface area (Å²) in [7, 11) is 0. The van der Waals surface area contributed by atoms with E-state index in [4.69, 9.17) is 4.74 Å². The summed E-state index contributed by atoms with van der Waals surface area (Å²) in [5, 5.41) is 13.0. The van der Waals surface area contributed by atoms with E-state index < -0.39 is 0 Å². The third kappa shape index (κ3) is 4.11. The molecule has 1 N–H and O–H groups in total. The Bertz CT molecular complexity index is 692. The quantitative estimate of drug-likeness (QED) is 0.809. The minimum absolute atomic E-state index is 0.205. The number of aromatic nitrogens is 2. The third-order valence-electron chi connectivity index (χ3n) is 4.28. The van der Waals surface area contributed by atoms with Gasteiger partial charge in [-0.2, -0.15) is 0 Å². The van der Waals surface area contributed by atoms with Crippen LogP contribution in [0.5, 0.6) is 0 Å². The molecule has 0 amide bonds. The van der Waals surface area contributed by atoms with E-state index in [1.807, 2.05) is 0 Å². The Balaban J connectivity index is 1.68. The second-order valence-electron chi connectivity index (χ2n) is 5.86. The lowest BCUT2D eigenvalue weighted by Gasteiger charge is -2.35. The zero-order chi connectivity index (χ0) is 17.1. The van der Waals surface area contributed by atoms with Crippen molar-refractivity contribution in [3.8, 4) is 10.6 Å². The molecule has 0 saturated carbocycles. The number of hydrogen-bond acceptors (Lipinski definition) is 6. The standard InChI is InChI=1S/C16H20BrFN4OS/c1-10(11(2)22-5-7-23-8-6-22)19-16-21-20-15(24-16)13-9-12(17)3-4-14(13)18/h3-4,9-11H,5-8H2,1-2H3,(H,19,21). The van der Waals surface area contributed by atoms with E-state index in [-0.39, 0.29) is 11.9 Å². The van der Waals surface area contributed by atoms with Gasteiger partial charge >= 0.3 is 0 Å². The SMILES string of the molecule is CC(Nc1nnc(-c2cc(Br)ccc2F)s1)C(C)N1CCOCC1. The third-order valence-corrected chi connectivity index (χ3v) is 5.66. The van der Waals surface area contributed by atoms with Gasteiger partial charge in [0.05, 0.1) is 13.2 Å². The van der Waals surface area contributed by atoms with Crippen molar-refractivity contribution in [3.63, 3.8) is 0 Å². The summed E-state index contributed by atoms with van der Waals surface area (Å²) >= 11 is 4.73. The lowest BCUT2D eigenvalue weighted by Crippen LogP contribution is -2.48. The number of halogens is 2. The predicted molar refractivity (Wildman–Crippen MR) is 97.9 cm³/mol. The molecule has 1 aromatic carbocycles. The Morgan fingerprint density at radius 3 is 2.79 bits per heavy atom. The van der Waals surface area contributed by atoms with E-state index in [0.717, 1.165) is 30.8 Å². The number of benzene rings is 1. The highest BCUT2D eigenvalue weighted by molar-refractivity contribution is 9.10. The first-order valence-corrected chi connectivity index (χ1v) is 9.53. The second kappa shape index (κ2) is 7.86. The largest absolute Gasteiger partial charge is 0.379 e. The Morgan fingerprint density at radius 2 is 2.04 bits per heavy atom. The highest BCUT2D eigenvalue weighted by Crippen LogP contribution is 2.31. The number of nitrogens with zero attached hydrogens (tertiary/aromatic N) is 3. The summed E-state index contributed by atoms with van der Waals surface area (Å²) in [5.74, 6) is -0.296. The van der Waals surface area contributed by atoms with E-state index in [1.54, 1.807) is 12.1 Å². The molecule has 1 fully saturated rings. The normalized spacial score (nSPS) is 18.3. The Morgan fingerprint density at radius 1 is 1.29 bits per heavy atom. The van der Waals surface area contributed by atoms with Crippen LogP contribution in [-0.4, -0.2) is 53.5 Å². The van der Waals surface area contributed by atoms with E-state index in [9.17, 15) is 4.39 Å². The molecule has 1 saturated heterocycles. The fourth-order valence-corrected chi connectivity index (χ4v) is 3.89. The van der Waals surface area contributed by atoms with Crippen molar-refractivity contribution in [1.29, 1.82) is 0 Å². The van der Waals surface area contributed by atoms with Crippen molar-refractivity contribution < 1.29 is 9.13 Å². The summed E-state index contributed by atoms with van der Waals surface area (Å²) in [5.41, 5.74) is 0.462. The average molecular weight is 415 g/mol. The van der Waals surface area contributed by atoms with Gasteiger partial charge in [-0.1, -0.05) is 27.3 Å². The van der Waals surface area contributed by atoms with E-state index in [1.165, 1.54) is 17.4 Å². The first-order chi connectivity index (χ1) is 11.5. The maximum atomic E-state index is 14.0. The van der Waals surface area contributed by atoms with Crippen molar-refractivity contribution in [2.75, 3.05) is 31.6 Å². The molecule has 3 rings (SSSR count). The Kier molecular flexibility index (Phi) is 5.80. The van der Waals surface area contributed by atoms with Crippen LogP contribution in [0.1, 0.15) is 13.8 Å². The summed E-state index contributed by atoms with van der Waals surface area (Å²) in [4.78, 5) is 2.40. The van der Waals surface area contributed by atoms with Gasteiger partial charge in [-0.05, 0) is 32.0 Å². The molecule has 1 aromatic heterocycles. The topological polar surface area (TPSA) is 50.3 Å². The highest BCUT2D eigenvalue weighted by Gasteiger charge is 2.23. The molecule has 130 valence electrons. The Hall–Kier alpha value is -1.09. The predicted octanol–water partition coefficient (Wildman–Crippen LogP) is 3.63. The maximum absolute atomic E-state index is 14.0. The van der Waals surface area contributed by atoms with Gasteiger partial charge in [0.1, 0.15) is 5.82 Å².